The molecule has 0 saturated heterocycles. The van der Waals surface area contributed by atoms with Crippen molar-refractivity contribution in [2.45, 2.75) is 19.6 Å². The Morgan fingerprint density at radius 1 is 1.73 bits per heavy atom. The highest BCUT2D eigenvalue weighted by molar-refractivity contribution is 9.11. The van der Waals surface area contributed by atoms with Gasteiger partial charge in [0, 0.05) is 6.07 Å². The maximum atomic E-state index is 9.04. The zero-order valence-electron chi connectivity index (χ0n) is 5.96. The monoisotopic (exact) mass is 282 g/mol. The zero-order valence-corrected chi connectivity index (χ0v) is 9.13. The van der Waals surface area contributed by atoms with Gasteiger partial charge in [0.15, 0.2) is 0 Å². The first-order chi connectivity index (χ1) is 5.09. The molecule has 0 saturated carbocycles. The number of nitrogens with zero attached hydrogens (tertiary/aromatic N) is 2. The average molecular weight is 284 g/mol. The Kier molecular flexibility index (Phi) is 3.09. The molecule has 0 bridgehead atoms. The lowest BCUT2D eigenvalue weighted by Gasteiger charge is -2.04. The van der Waals surface area contributed by atoms with Crippen LogP contribution in [0, 0.1) is 0 Å². The summed E-state index contributed by atoms with van der Waals surface area (Å²) < 4.78 is 3.32. The lowest BCUT2D eigenvalue weighted by atomic mass is 10.4. The molecular weight excluding hydrogens is 276 g/mol. The van der Waals surface area contributed by atoms with Crippen LogP contribution in [0.1, 0.15) is 6.92 Å². The largest absolute Gasteiger partial charge is 0.391 e. The molecule has 1 rings (SSSR count). The van der Waals surface area contributed by atoms with E-state index in [0.717, 1.165) is 9.21 Å². The summed E-state index contributed by atoms with van der Waals surface area (Å²) >= 11 is 6.53. The van der Waals surface area contributed by atoms with E-state index in [1.165, 1.54) is 0 Å². The molecule has 1 atom stereocenters. The molecule has 62 valence electrons. The summed E-state index contributed by atoms with van der Waals surface area (Å²) in [5, 5.41) is 13.1. The smallest absolute Gasteiger partial charge is 0.129 e. The van der Waals surface area contributed by atoms with Crippen molar-refractivity contribution in [3.05, 3.63) is 15.3 Å². The SMILES string of the molecule is CC(O)Cn1nc(Br)cc1Br. The molecule has 11 heavy (non-hydrogen) atoms. The van der Waals surface area contributed by atoms with Gasteiger partial charge in [-0.1, -0.05) is 0 Å². The highest BCUT2D eigenvalue weighted by atomic mass is 79.9. The molecule has 0 fully saturated rings. The molecule has 0 spiro atoms. The number of rotatable bonds is 2. The van der Waals surface area contributed by atoms with Gasteiger partial charge in [-0.05, 0) is 38.8 Å². The summed E-state index contributed by atoms with van der Waals surface area (Å²) in [6, 6.07) is 1.84. The maximum Gasteiger partial charge on any atom is 0.129 e. The molecular formula is C6H8Br2N2O. The highest BCUT2D eigenvalue weighted by Gasteiger charge is 2.04. The molecule has 0 aliphatic carbocycles. The van der Waals surface area contributed by atoms with Crippen molar-refractivity contribution in [3.8, 4) is 0 Å². The van der Waals surface area contributed by atoms with Gasteiger partial charge in [-0.2, -0.15) is 5.10 Å². The Morgan fingerprint density at radius 2 is 2.36 bits per heavy atom. The van der Waals surface area contributed by atoms with Crippen LogP contribution in [-0.2, 0) is 6.54 Å². The Balaban J connectivity index is 2.77. The topological polar surface area (TPSA) is 38.0 Å². The predicted octanol–water partition coefficient (Wildman–Crippen LogP) is 1.79. The molecule has 0 aromatic carbocycles. The molecule has 0 amide bonds. The molecule has 1 heterocycles. The first-order valence-electron chi connectivity index (χ1n) is 3.16. The van der Waals surface area contributed by atoms with Crippen molar-refractivity contribution in [1.29, 1.82) is 0 Å². The Labute approximate surface area is 81.7 Å². The van der Waals surface area contributed by atoms with E-state index in [9.17, 15) is 0 Å². The number of aliphatic hydroxyl groups is 1. The van der Waals surface area contributed by atoms with E-state index < -0.39 is 0 Å². The van der Waals surface area contributed by atoms with Crippen molar-refractivity contribution in [3.63, 3.8) is 0 Å². The molecule has 1 N–H and O–H groups in total. The molecule has 1 aromatic rings. The number of aliphatic hydroxyl groups excluding tert-OH is 1. The number of hydrogen-bond donors (Lipinski definition) is 1. The van der Waals surface area contributed by atoms with E-state index >= 15 is 0 Å². The normalized spacial score (nSPS) is 13.5. The second kappa shape index (κ2) is 3.69. The van der Waals surface area contributed by atoms with Gasteiger partial charge >= 0.3 is 0 Å². The summed E-state index contributed by atoms with van der Waals surface area (Å²) in [5.74, 6) is 0. The first kappa shape index (κ1) is 9.22. The summed E-state index contributed by atoms with van der Waals surface area (Å²) in [6.07, 6.45) is -0.377. The van der Waals surface area contributed by atoms with E-state index in [0.29, 0.717) is 6.54 Å². The van der Waals surface area contributed by atoms with Crippen LogP contribution in [0.3, 0.4) is 0 Å². The van der Waals surface area contributed by atoms with Crippen molar-refractivity contribution in [2.24, 2.45) is 0 Å². The first-order valence-corrected chi connectivity index (χ1v) is 4.75. The van der Waals surface area contributed by atoms with E-state index in [2.05, 4.69) is 37.0 Å². The Morgan fingerprint density at radius 3 is 2.73 bits per heavy atom. The van der Waals surface area contributed by atoms with Crippen LogP contribution in [0.15, 0.2) is 15.3 Å². The van der Waals surface area contributed by atoms with Crippen LogP contribution >= 0.6 is 31.9 Å². The summed E-state index contributed by atoms with van der Waals surface area (Å²) in [5.41, 5.74) is 0. The zero-order chi connectivity index (χ0) is 8.43. The Hall–Kier alpha value is 0.130. The van der Waals surface area contributed by atoms with Gasteiger partial charge < -0.3 is 5.11 Å². The third kappa shape index (κ3) is 2.57. The fourth-order valence-corrected chi connectivity index (χ4v) is 1.90. The third-order valence-corrected chi connectivity index (χ3v) is 2.16. The fraction of sp³-hybridized carbons (Fsp3) is 0.500. The van der Waals surface area contributed by atoms with Crippen LogP contribution < -0.4 is 0 Å². The van der Waals surface area contributed by atoms with Crippen LogP contribution in [-0.4, -0.2) is 21.0 Å². The van der Waals surface area contributed by atoms with Crippen LogP contribution in [0.25, 0.3) is 0 Å². The van der Waals surface area contributed by atoms with E-state index in [-0.39, 0.29) is 6.10 Å². The van der Waals surface area contributed by atoms with Crippen molar-refractivity contribution in [1.82, 2.24) is 9.78 Å². The lowest BCUT2D eigenvalue weighted by Crippen LogP contribution is -2.12. The lowest BCUT2D eigenvalue weighted by molar-refractivity contribution is 0.167. The van der Waals surface area contributed by atoms with Gasteiger partial charge in [0.2, 0.25) is 0 Å². The molecule has 3 nitrogen and oxygen atoms in total. The quantitative estimate of drug-likeness (QED) is 0.899. The molecule has 5 heteroatoms. The predicted molar refractivity (Wildman–Crippen MR) is 49.3 cm³/mol. The molecule has 1 aromatic heterocycles. The second-order valence-corrected chi connectivity index (χ2v) is 3.95. The minimum absolute atomic E-state index is 0.377. The Bertz CT molecular complexity index is 247. The minimum atomic E-state index is -0.377. The highest BCUT2D eigenvalue weighted by Crippen LogP contribution is 2.16. The number of halogens is 2. The maximum absolute atomic E-state index is 9.04. The molecule has 1 unspecified atom stereocenters. The van der Waals surface area contributed by atoms with E-state index in [4.69, 9.17) is 5.11 Å². The molecule has 0 aliphatic heterocycles. The van der Waals surface area contributed by atoms with Gasteiger partial charge in [0.1, 0.15) is 9.21 Å². The third-order valence-electron chi connectivity index (χ3n) is 1.14. The van der Waals surface area contributed by atoms with Gasteiger partial charge in [0.25, 0.3) is 0 Å². The van der Waals surface area contributed by atoms with E-state index in [1.807, 2.05) is 6.07 Å². The van der Waals surface area contributed by atoms with E-state index in [1.54, 1.807) is 11.6 Å². The van der Waals surface area contributed by atoms with Gasteiger partial charge in [-0.25, -0.2) is 0 Å². The molecule has 0 aliphatic rings. The molecule has 0 radical (unpaired) electrons. The fourth-order valence-electron chi connectivity index (χ4n) is 0.743. The van der Waals surface area contributed by atoms with Gasteiger partial charge in [-0.15, -0.1) is 0 Å². The summed E-state index contributed by atoms with van der Waals surface area (Å²) in [7, 11) is 0. The van der Waals surface area contributed by atoms with Gasteiger partial charge in [-0.3, -0.25) is 4.68 Å². The van der Waals surface area contributed by atoms with Gasteiger partial charge in [0.05, 0.1) is 12.6 Å². The average Bonchev–Trinajstić information content (AvgIpc) is 2.09. The van der Waals surface area contributed by atoms with Crippen LogP contribution in [0.5, 0.6) is 0 Å². The minimum Gasteiger partial charge on any atom is -0.391 e. The van der Waals surface area contributed by atoms with Crippen molar-refractivity contribution < 1.29 is 5.11 Å². The van der Waals surface area contributed by atoms with Crippen molar-refractivity contribution >= 4 is 31.9 Å². The van der Waals surface area contributed by atoms with Crippen LogP contribution in [0.2, 0.25) is 0 Å². The number of hydrogen-bond acceptors (Lipinski definition) is 2. The number of aromatic nitrogens is 2. The second-order valence-electron chi connectivity index (χ2n) is 2.32. The van der Waals surface area contributed by atoms with Crippen LogP contribution in [0.4, 0.5) is 0 Å². The standard InChI is InChI=1S/C6H8Br2N2O/c1-4(11)3-10-6(8)2-5(7)9-10/h2,4,11H,3H2,1H3. The summed E-state index contributed by atoms with van der Waals surface area (Å²) in [6.45, 7) is 2.23. The summed E-state index contributed by atoms with van der Waals surface area (Å²) in [4.78, 5) is 0. The van der Waals surface area contributed by atoms with Crippen molar-refractivity contribution in [2.75, 3.05) is 0 Å².